The number of para-hydroxylation sites is 1. The van der Waals surface area contributed by atoms with Gasteiger partial charge in [-0.15, -0.1) is 0 Å². The number of hydrogen-bond acceptors (Lipinski definition) is 4. The molecule has 1 unspecified atom stereocenters. The molecule has 5 nitrogen and oxygen atoms in total. The van der Waals surface area contributed by atoms with E-state index in [-0.39, 0.29) is 6.61 Å². The number of rotatable bonds is 4. The molecule has 0 fully saturated rings. The van der Waals surface area contributed by atoms with E-state index in [4.69, 9.17) is 4.74 Å². The van der Waals surface area contributed by atoms with Crippen LogP contribution in [0.25, 0.3) is 0 Å². The average Bonchev–Trinajstić information content (AvgIpc) is 2.84. The average molecular weight is 388 g/mol. The first kappa shape index (κ1) is 16.4. The maximum Gasteiger partial charge on any atom is 0.329 e. The summed E-state index contributed by atoms with van der Waals surface area (Å²) in [5.41, 5.74) is 1.59. The van der Waals surface area contributed by atoms with Gasteiger partial charge in [0.05, 0.1) is 11.3 Å². The number of amides is 1. The van der Waals surface area contributed by atoms with Gasteiger partial charge in [-0.05, 0) is 36.8 Å². The van der Waals surface area contributed by atoms with Gasteiger partial charge in [-0.25, -0.2) is 4.79 Å². The zero-order valence-corrected chi connectivity index (χ0v) is 14.4. The number of ether oxygens (including phenoxy) is 1. The fourth-order valence-electron chi connectivity index (χ4n) is 2.60. The second-order valence-corrected chi connectivity index (χ2v) is 6.35. The quantitative estimate of drug-likeness (QED) is 0.597. The van der Waals surface area contributed by atoms with Crippen molar-refractivity contribution in [3.8, 4) is 0 Å². The first-order valence-corrected chi connectivity index (χ1v) is 8.16. The molecule has 0 bridgehead atoms. The standard InChI is InChI=1S/C18H14BrNO4/c1-11(18(23)24-10-12-5-4-6-13(19)9-12)20-15-8-3-2-7-14(15)16(21)17(20)22/h2-9,11H,10H2,1H3. The van der Waals surface area contributed by atoms with E-state index in [0.717, 1.165) is 10.0 Å². The highest BCUT2D eigenvalue weighted by atomic mass is 79.9. The van der Waals surface area contributed by atoms with E-state index in [2.05, 4.69) is 15.9 Å². The lowest BCUT2D eigenvalue weighted by Gasteiger charge is -2.23. The topological polar surface area (TPSA) is 63.7 Å². The number of esters is 1. The molecule has 1 aliphatic heterocycles. The Labute approximate surface area is 147 Å². The number of carbonyl (C=O) groups is 3. The third kappa shape index (κ3) is 2.97. The zero-order valence-electron chi connectivity index (χ0n) is 12.9. The van der Waals surface area contributed by atoms with Crippen LogP contribution in [0, 0.1) is 0 Å². The third-order valence-electron chi connectivity index (χ3n) is 3.82. The Hall–Kier alpha value is -2.47. The number of halogens is 1. The van der Waals surface area contributed by atoms with Gasteiger partial charge in [0.1, 0.15) is 12.6 Å². The monoisotopic (exact) mass is 387 g/mol. The molecule has 0 aliphatic carbocycles. The molecule has 0 spiro atoms. The van der Waals surface area contributed by atoms with Crippen molar-refractivity contribution in [1.82, 2.24) is 0 Å². The van der Waals surface area contributed by atoms with Crippen molar-refractivity contribution >= 4 is 39.3 Å². The number of anilines is 1. The van der Waals surface area contributed by atoms with Crippen molar-refractivity contribution < 1.29 is 19.1 Å². The Bertz CT molecular complexity index is 833. The Kier molecular flexibility index (Phi) is 4.49. The van der Waals surface area contributed by atoms with E-state index in [1.807, 2.05) is 24.3 Å². The van der Waals surface area contributed by atoms with Crippen molar-refractivity contribution in [2.24, 2.45) is 0 Å². The van der Waals surface area contributed by atoms with Crippen LogP contribution in [0.3, 0.4) is 0 Å². The smallest absolute Gasteiger partial charge is 0.329 e. The van der Waals surface area contributed by atoms with Crippen LogP contribution in [-0.2, 0) is 20.9 Å². The molecular weight excluding hydrogens is 374 g/mol. The van der Waals surface area contributed by atoms with Crippen LogP contribution in [0.5, 0.6) is 0 Å². The van der Waals surface area contributed by atoms with Crippen LogP contribution >= 0.6 is 15.9 Å². The molecule has 0 saturated heterocycles. The van der Waals surface area contributed by atoms with Crippen LogP contribution in [0.2, 0.25) is 0 Å². The molecule has 3 rings (SSSR count). The molecule has 0 radical (unpaired) electrons. The first-order valence-electron chi connectivity index (χ1n) is 7.37. The van der Waals surface area contributed by atoms with Crippen LogP contribution in [0.1, 0.15) is 22.8 Å². The largest absolute Gasteiger partial charge is 0.459 e. The molecule has 1 amide bonds. The van der Waals surface area contributed by atoms with Crippen LogP contribution in [0.4, 0.5) is 5.69 Å². The van der Waals surface area contributed by atoms with E-state index < -0.39 is 23.7 Å². The summed E-state index contributed by atoms with van der Waals surface area (Å²) in [5, 5.41) is 0. The van der Waals surface area contributed by atoms with Gasteiger partial charge in [-0.2, -0.15) is 0 Å². The third-order valence-corrected chi connectivity index (χ3v) is 4.31. The minimum atomic E-state index is -0.878. The minimum Gasteiger partial charge on any atom is -0.459 e. The van der Waals surface area contributed by atoms with E-state index in [0.29, 0.717) is 11.3 Å². The SMILES string of the molecule is CC(C(=O)OCc1cccc(Br)c1)N1C(=O)C(=O)c2ccccc21. The molecule has 6 heteroatoms. The Balaban J connectivity index is 1.74. The Morgan fingerprint density at radius 3 is 2.67 bits per heavy atom. The van der Waals surface area contributed by atoms with Crippen LogP contribution < -0.4 is 4.90 Å². The van der Waals surface area contributed by atoms with Gasteiger partial charge in [0.2, 0.25) is 0 Å². The number of benzene rings is 2. The molecule has 1 heterocycles. The molecular formula is C18H14BrNO4. The van der Waals surface area contributed by atoms with Gasteiger partial charge < -0.3 is 4.74 Å². The second-order valence-electron chi connectivity index (χ2n) is 5.44. The summed E-state index contributed by atoms with van der Waals surface area (Å²) in [7, 11) is 0. The summed E-state index contributed by atoms with van der Waals surface area (Å²) in [5.74, 6) is -1.87. The van der Waals surface area contributed by atoms with Crippen molar-refractivity contribution in [2.45, 2.75) is 19.6 Å². The lowest BCUT2D eigenvalue weighted by atomic mass is 10.1. The highest BCUT2D eigenvalue weighted by Crippen LogP contribution is 2.30. The predicted octanol–water partition coefficient (Wildman–Crippen LogP) is 3.11. The lowest BCUT2D eigenvalue weighted by Crippen LogP contribution is -2.43. The Morgan fingerprint density at radius 1 is 1.17 bits per heavy atom. The van der Waals surface area contributed by atoms with Gasteiger partial charge in [-0.3, -0.25) is 14.5 Å². The zero-order chi connectivity index (χ0) is 17.3. The maximum atomic E-state index is 12.3. The van der Waals surface area contributed by atoms with E-state index in [9.17, 15) is 14.4 Å². The van der Waals surface area contributed by atoms with Gasteiger partial charge in [-0.1, -0.05) is 40.2 Å². The molecule has 122 valence electrons. The number of fused-ring (bicyclic) bond motifs is 1. The predicted molar refractivity (Wildman–Crippen MR) is 91.7 cm³/mol. The van der Waals surface area contributed by atoms with Crippen LogP contribution in [-0.4, -0.2) is 23.7 Å². The van der Waals surface area contributed by atoms with E-state index in [1.54, 1.807) is 31.2 Å². The number of carbonyl (C=O) groups excluding carboxylic acids is 3. The van der Waals surface area contributed by atoms with Crippen molar-refractivity contribution in [1.29, 1.82) is 0 Å². The maximum absolute atomic E-state index is 12.3. The number of hydrogen-bond donors (Lipinski definition) is 0. The fourth-order valence-corrected chi connectivity index (χ4v) is 3.05. The van der Waals surface area contributed by atoms with Gasteiger partial charge in [0, 0.05) is 4.47 Å². The van der Waals surface area contributed by atoms with Crippen LogP contribution in [0.15, 0.2) is 53.0 Å². The summed E-state index contributed by atoms with van der Waals surface area (Å²) in [6, 6.07) is 13.2. The second kappa shape index (κ2) is 6.57. The van der Waals surface area contributed by atoms with E-state index in [1.165, 1.54) is 4.90 Å². The van der Waals surface area contributed by atoms with Gasteiger partial charge in [0.25, 0.3) is 11.7 Å². The number of Topliss-reactive ketones (excluding diaryl/α,β-unsaturated/α-hetero) is 1. The Morgan fingerprint density at radius 2 is 1.92 bits per heavy atom. The molecule has 2 aromatic rings. The van der Waals surface area contributed by atoms with E-state index >= 15 is 0 Å². The summed E-state index contributed by atoms with van der Waals surface area (Å²) >= 11 is 3.35. The van der Waals surface area contributed by atoms with Crippen molar-refractivity contribution in [2.75, 3.05) is 4.90 Å². The van der Waals surface area contributed by atoms with Crippen molar-refractivity contribution in [3.63, 3.8) is 0 Å². The first-order chi connectivity index (χ1) is 11.5. The molecule has 0 saturated carbocycles. The highest BCUT2D eigenvalue weighted by molar-refractivity contribution is 9.10. The summed E-state index contributed by atoms with van der Waals surface area (Å²) in [6.45, 7) is 1.65. The normalized spacial score (nSPS) is 14.5. The fraction of sp³-hybridized carbons (Fsp3) is 0.167. The minimum absolute atomic E-state index is 0.0975. The molecule has 0 N–H and O–H groups in total. The summed E-state index contributed by atoms with van der Waals surface area (Å²) < 4.78 is 6.18. The number of nitrogens with zero attached hydrogens (tertiary/aromatic N) is 1. The summed E-state index contributed by atoms with van der Waals surface area (Å²) in [4.78, 5) is 37.7. The molecule has 1 atom stereocenters. The molecule has 24 heavy (non-hydrogen) atoms. The van der Waals surface area contributed by atoms with Gasteiger partial charge >= 0.3 is 5.97 Å². The molecule has 1 aliphatic rings. The lowest BCUT2D eigenvalue weighted by molar-refractivity contribution is -0.146. The summed E-state index contributed by atoms with van der Waals surface area (Å²) in [6.07, 6.45) is 0. The molecule has 2 aromatic carbocycles. The highest BCUT2D eigenvalue weighted by Gasteiger charge is 2.40. The van der Waals surface area contributed by atoms with Crippen molar-refractivity contribution in [3.05, 3.63) is 64.1 Å². The molecule has 0 aromatic heterocycles. The van der Waals surface area contributed by atoms with Gasteiger partial charge in [0.15, 0.2) is 0 Å². The number of ketones is 1.